The highest BCUT2D eigenvalue weighted by molar-refractivity contribution is 8.00. The quantitative estimate of drug-likeness (QED) is 0.480. The Labute approximate surface area is 166 Å². The average molecular weight is 397 g/mol. The number of hydrogen-bond donors (Lipinski definition) is 1. The highest BCUT2D eigenvalue weighted by Crippen LogP contribution is 2.32. The van der Waals surface area contributed by atoms with E-state index in [4.69, 9.17) is 11.6 Å². The summed E-state index contributed by atoms with van der Waals surface area (Å²) >= 11 is 7.78. The number of halogens is 1. The normalized spacial score (nSPS) is 13.4. The standard InChI is InChI=1S/C20H18ClN5S/c1-14(27-16-11-9-15(21)10-12-16)20(23-19-8-4-5-13-22-19)26-18-7-3-2-6-17(18)24-25-26/h2-14,20H,1H3,(H,22,23)/p+1/t14-,20+/m1/s1. The molecule has 136 valence electrons. The van der Waals surface area contributed by atoms with E-state index < -0.39 is 0 Å². The molecule has 0 radical (unpaired) electrons. The zero-order valence-corrected chi connectivity index (χ0v) is 16.3. The summed E-state index contributed by atoms with van der Waals surface area (Å²) in [5.41, 5.74) is 1.87. The van der Waals surface area contributed by atoms with Crippen LogP contribution in [0.15, 0.2) is 77.8 Å². The number of thioether (sulfide) groups is 1. The summed E-state index contributed by atoms with van der Waals surface area (Å²) in [6, 6.07) is 21.8. The molecule has 0 fully saturated rings. The third-order valence-corrected chi connectivity index (χ3v) is 5.66. The van der Waals surface area contributed by atoms with E-state index in [1.807, 2.05) is 77.6 Å². The van der Waals surface area contributed by atoms with Crippen molar-refractivity contribution in [3.05, 3.63) is 77.9 Å². The number of anilines is 1. The van der Waals surface area contributed by atoms with Crippen LogP contribution in [0.2, 0.25) is 5.02 Å². The highest BCUT2D eigenvalue weighted by Gasteiger charge is 2.27. The Morgan fingerprint density at radius 1 is 1.04 bits per heavy atom. The molecule has 2 N–H and O–H groups in total. The van der Waals surface area contributed by atoms with Crippen LogP contribution in [0.1, 0.15) is 13.1 Å². The summed E-state index contributed by atoms with van der Waals surface area (Å²) < 4.78 is 1.95. The predicted molar refractivity (Wildman–Crippen MR) is 110 cm³/mol. The largest absolute Gasteiger partial charge is 0.273 e. The van der Waals surface area contributed by atoms with Crippen LogP contribution < -0.4 is 10.3 Å². The van der Waals surface area contributed by atoms with E-state index in [2.05, 4.69) is 27.5 Å². The van der Waals surface area contributed by atoms with Crippen LogP contribution in [0.3, 0.4) is 0 Å². The number of aromatic nitrogens is 4. The summed E-state index contributed by atoms with van der Waals surface area (Å²) in [5, 5.41) is 13.2. The van der Waals surface area contributed by atoms with E-state index in [9.17, 15) is 0 Å². The second-order valence-electron chi connectivity index (χ2n) is 6.17. The van der Waals surface area contributed by atoms with Crippen molar-refractivity contribution in [2.75, 3.05) is 5.32 Å². The predicted octanol–water partition coefficient (Wildman–Crippen LogP) is 4.69. The topological polar surface area (TPSA) is 56.9 Å². The van der Waals surface area contributed by atoms with Crippen molar-refractivity contribution in [1.82, 2.24) is 15.0 Å². The number of fused-ring (bicyclic) bond motifs is 1. The third-order valence-electron chi connectivity index (χ3n) is 4.23. The molecule has 0 bridgehead atoms. The SMILES string of the molecule is C[C@@H](Sc1ccc(Cl)cc1)[C@@H](Nc1cccc[nH+]1)n1nnc2ccccc21. The van der Waals surface area contributed by atoms with Crippen LogP contribution in [-0.4, -0.2) is 20.2 Å². The zero-order valence-electron chi connectivity index (χ0n) is 14.7. The number of para-hydroxylation sites is 1. The molecule has 0 unspecified atom stereocenters. The van der Waals surface area contributed by atoms with Crippen molar-refractivity contribution >= 4 is 40.2 Å². The van der Waals surface area contributed by atoms with Crippen molar-refractivity contribution in [2.45, 2.75) is 23.2 Å². The maximum Gasteiger partial charge on any atom is 0.273 e. The summed E-state index contributed by atoms with van der Waals surface area (Å²) in [4.78, 5) is 4.39. The average Bonchev–Trinajstić information content (AvgIpc) is 3.12. The Bertz CT molecular complexity index is 1020. The molecule has 0 amide bonds. The second-order valence-corrected chi connectivity index (χ2v) is 8.05. The van der Waals surface area contributed by atoms with Crippen LogP contribution >= 0.6 is 23.4 Å². The van der Waals surface area contributed by atoms with Crippen molar-refractivity contribution in [2.24, 2.45) is 0 Å². The zero-order chi connectivity index (χ0) is 18.6. The molecule has 0 saturated carbocycles. The van der Waals surface area contributed by atoms with Gasteiger partial charge in [0.15, 0.2) is 0 Å². The van der Waals surface area contributed by atoms with Crippen molar-refractivity contribution in [1.29, 1.82) is 0 Å². The Kier molecular flexibility index (Phi) is 5.27. The number of benzene rings is 2. The monoisotopic (exact) mass is 396 g/mol. The molecule has 7 heteroatoms. The van der Waals surface area contributed by atoms with Gasteiger partial charge in [-0.05, 0) is 49.4 Å². The molecule has 27 heavy (non-hydrogen) atoms. The van der Waals surface area contributed by atoms with E-state index in [0.717, 1.165) is 26.8 Å². The van der Waals surface area contributed by atoms with Crippen LogP contribution in [0.5, 0.6) is 0 Å². The first-order chi connectivity index (χ1) is 13.2. The smallest absolute Gasteiger partial charge is 0.251 e. The molecule has 0 aliphatic carbocycles. The Morgan fingerprint density at radius 3 is 2.59 bits per heavy atom. The first kappa shape index (κ1) is 17.8. The van der Waals surface area contributed by atoms with Gasteiger partial charge in [0.2, 0.25) is 6.17 Å². The number of H-pyrrole nitrogens is 1. The molecule has 2 atom stereocenters. The van der Waals surface area contributed by atoms with Gasteiger partial charge in [0, 0.05) is 16.0 Å². The maximum atomic E-state index is 6.02. The number of hydrogen-bond acceptors (Lipinski definition) is 4. The minimum atomic E-state index is -0.100. The van der Waals surface area contributed by atoms with E-state index in [0.29, 0.717) is 0 Å². The van der Waals surface area contributed by atoms with Crippen LogP contribution in [0.25, 0.3) is 11.0 Å². The van der Waals surface area contributed by atoms with Gasteiger partial charge in [-0.25, -0.2) is 9.67 Å². The molecular weight excluding hydrogens is 378 g/mol. The summed E-state index contributed by atoms with van der Waals surface area (Å²) in [7, 11) is 0. The molecule has 2 aromatic carbocycles. The fourth-order valence-electron chi connectivity index (χ4n) is 2.90. The fourth-order valence-corrected chi connectivity index (χ4v) is 4.07. The van der Waals surface area contributed by atoms with Gasteiger partial charge in [-0.3, -0.25) is 5.32 Å². The number of aromatic amines is 1. The number of nitrogens with one attached hydrogen (secondary N) is 2. The van der Waals surface area contributed by atoms with Crippen molar-refractivity contribution < 1.29 is 4.98 Å². The second kappa shape index (κ2) is 7.98. The van der Waals surface area contributed by atoms with E-state index >= 15 is 0 Å². The lowest BCUT2D eigenvalue weighted by Gasteiger charge is -2.21. The Morgan fingerprint density at radius 2 is 1.81 bits per heavy atom. The van der Waals surface area contributed by atoms with Gasteiger partial charge in [-0.2, -0.15) is 0 Å². The lowest BCUT2D eigenvalue weighted by molar-refractivity contribution is -0.361. The van der Waals surface area contributed by atoms with Crippen LogP contribution in [0, 0.1) is 0 Å². The molecule has 4 aromatic rings. The fraction of sp³-hybridized carbons (Fsp3) is 0.150. The number of pyridine rings is 1. The Hall–Kier alpha value is -2.57. The first-order valence-corrected chi connectivity index (χ1v) is 9.92. The molecule has 2 aromatic heterocycles. The highest BCUT2D eigenvalue weighted by atomic mass is 35.5. The van der Waals surface area contributed by atoms with Crippen molar-refractivity contribution in [3.8, 4) is 0 Å². The Balaban J connectivity index is 1.67. The lowest BCUT2D eigenvalue weighted by Crippen LogP contribution is -2.30. The molecule has 0 spiro atoms. The molecule has 0 aliphatic rings. The van der Waals surface area contributed by atoms with Gasteiger partial charge in [0.1, 0.15) is 5.52 Å². The summed E-state index contributed by atoms with van der Waals surface area (Å²) in [6.07, 6.45) is 1.80. The van der Waals surface area contributed by atoms with E-state index in [1.54, 1.807) is 11.8 Å². The number of nitrogens with zero attached hydrogens (tertiary/aromatic N) is 3. The van der Waals surface area contributed by atoms with E-state index in [1.165, 1.54) is 0 Å². The van der Waals surface area contributed by atoms with Gasteiger partial charge >= 0.3 is 0 Å². The summed E-state index contributed by atoms with van der Waals surface area (Å²) in [5.74, 6) is 0.922. The van der Waals surface area contributed by atoms with Crippen LogP contribution in [-0.2, 0) is 0 Å². The van der Waals surface area contributed by atoms with Gasteiger partial charge < -0.3 is 0 Å². The van der Waals surface area contributed by atoms with Gasteiger partial charge in [0.25, 0.3) is 5.82 Å². The summed E-state index contributed by atoms with van der Waals surface area (Å²) in [6.45, 7) is 2.18. The molecule has 4 rings (SSSR count). The molecule has 0 aliphatic heterocycles. The molecular formula is C20H19ClN5S+. The lowest BCUT2D eigenvalue weighted by atomic mass is 10.3. The third kappa shape index (κ3) is 4.07. The molecule has 2 heterocycles. The molecule has 0 saturated heterocycles. The number of rotatable bonds is 6. The minimum Gasteiger partial charge on any atom is -0.251 e. The van der Waals surface area contributed by atoms with Crippen molar-refractivity contribution in [3.63, 3.8) is 0 Å². The van der Waals surface area contributed by atoms with Gasteiger partial charge in [0.05, 0.1) is 17.0 Å². The van der Waals surface area contributed by atoms with Gasteiger partial charge in [-0.1, -0.05) is 35.0 Å². The van der Waals surface area contributed by atoms with E-state index in [-0.39, 0.29) is 11.4 Å². The maximum absolute atomic E-state index is 6.02. The molecule has 5 nitrogen and oxygen atoms in total. The van der Waals surface area contributed by atoms with Crippen LogP contribution in [0.4, 0.5) is 5.82 Å². The minimum absolute atomic E-state index is 0.100. The first-order valence-electron chi connectivity index (χ1n) is 8.66. The van der Waals surface area contributed by atoms with Gasteiger partial charge in [-0.15, -0.1) is 16.9 Å².